The highest BCUT2D eigenvalue weighted by molar-refractivity contribution is 7.89. The van der Waals surface area contributed by atoms with E-state index in [0.717, 1.165) is 24.3 Å². The highest BCUT2D eigenvalue weighted by atomic mass is 32.2. The zero-order chi connectivity index (χ0) is 22.9. The van der Waals surface area contributed by atoms with Crippen molar-refractivity contribution in [3.63, 3.8) is 0 Å². The number of furan rings is 1. The van der Waals surface area contributed by atoms with Crippen LogP contribution in [0.5, 0.6) is 0 Å². The Hall–Kier alpha value is -3.53. The summed E-state index contributed by atoms with van der Waals surface area (Å²) in [6.07, 6.45) is 1.72. The van der Waals surface area contributed by atoms with Crippen LogP contribution in [0.25, 0.3) is 0 Å². The van der Waals surface area contributed by atoms with Crippen LogP contribution in [0.4, 0.5) is 14.5 Å². The van der Waals surface area contributed by atoms with Crippen molar-refractivity contribution in [2.45, 2.75) is 31.1 Å². The number of rotatable bonds is 5. The van der Waals surface area contributed by atoms with Crippen molar-refractivity contribution in [1.29, 1.82) is 0 Å². The molecule has 7 nitrogen and oxygen atoms in total. The first kappa shape index (κ1) is 21.7. The van der Waals surface area contributed by atoms with Gasteiger partial charge in [0.1, 0.15) is 17.4 Å². The van der Waals surface area contributed by atoms with E-state index in [2.05, 4.69) is 15.2 Å². The molecule has 1 amide bonds. The summed E-state index contributed by atoms with van der Waals surface area (Å²) >= 11 is 0. The second kappa shape index (κ2) is 8.54. The molecule has 166 valence electrons. The summed E-state index contributed by atoms with van der Waals surface area (Å²) in [6.45, 7) is 1.69. The van der Waals surface area contributed by atoms with Crippen LogP contribution >= 0.6 is 0 Å². The molecule has 0 aliphatic heterocycles. The van der Waals surface area contributed by atoms with Crippen LogP contribution in [0.2, 0.25) is 0 Å². The fourth-order valence-electron chi connectivity index (χ4n) is 3.50. The number of halogens is 2. The van der Waals surface area contributed by atoms with E-state index in [1.54, 1.807) is 6.92 Å². The molecule has 0 saturated heterocycles. The smallest absolute Gasteiger partial charge is 0.291 e. The number of hydrogen-bond acceptors (Lipinski definition) is 5. The third kappa shape index (κ3) is 4.40. The van der Waals surface area contributed by atoms with E-state index in [-0.39, 0.29) is 10.7 Å². The molecular formula is C22H19F2N3O4S. The Labute approximate surface area is 183 Å². The number of anilines is 1. The van der Waals surface area contributed by atoms with Crippen molar-refractivity contribution < 1.29 is 26.4 Å². The van der Waals surface area contributed by atoms with E-state index in [4.69, 9.17) is 4.42 Å². The number of sulfonamides is 1. The van der Waals surface area contributed by atoms with E-state index in [1.165, 1.54) is 24.3 Å². The van der Waals surface area contributed by atoms with Gasteiger partial charge in [-0.05, 0) is 68.3 Å². The number of nitrogens with one attached hydrogen (secondary N) is 2. The van der Waals surface area contributed by atoms with Gasteiger partial charge in [0.25, 0.3) is 15.9 Å². The first-order chi connectivity index (χ1) is 15.2. The summed E-state index contributed by atoms with van der Waals surface area (Å²) in [5.74, 6) is -0.855. The van der Waals surface area contributed by atoms with Crippen molar-refractivity contribution in [2.75, 3.05) is 5.32 Å². The Morgan fingerprint density at radius 2 is 1.62 bits per heavy atom. The number of benzene rings is 2. The van der Waals surface area contributed by atoms with Gasteiger partial charge in [0, 0.05) is 23.2 Å². The molecule has 1 aliphatic rings. The highest BCUT2D eigenvalue weighted by Gasteiger charge is 2.28. The van der Waals surface area contributed by atoms with E-state index in [1.807, 2.05) is 0 Å². The second-order valence-corrected chi connectivity index (χ2v) is 8.94. The fraction of sp³-hybridized carbons (Fsp3) is 0.182. The Morgan fingerprint density at radius 3 is 2.28 bits per heavy atom. The third-order valence-corrected chi connectivity index (χ3v) is 6.28. The molecule has 3 aromatic rings. The number of aryl methyl sites for hydroxylation is 1. The molecular weight excluding hydrogens is 440 g/mol. The summed E-state index contributed by atoms with van der Waals surface area (Å²) in [5, 5.41) is 6.72. The maximum Gasteiger partial charge on any atom is 0.291 e. The lowest BCUT2D eigenvalue weighted by molar-refractivity contribution is 0.0994. The van der Waals surface area contributed by atoms with Crippen molar-refractivity contribution in [1.82, 2.24) is 4.83 Å². The molecule has 0 atom stereocenters. The van der Waals surface area contributed by atoms with Crippen LogP contribution < -0.4 is 10.1 Å². The Bertz CT molecular complexity index is 1300. The third-order valence-electron chi connectivity index (χ3n) is 5.06. The Morgan fingerprint density at radius 1 is 1.00 bits per heavy atom. The quantitative estimate of drug-likeness (QED) is 0.560. The van der Waals surface area contributed by atoms with E-state index >= 15 is 0 Å². The monoisotopic (exact) mass is 459 g/mol. The van der Waals surface area contributed by atoms with E-state index in [9.17, 15) is 22.0 Å². The van der Waals surface area contributed by atoms with E-state index in [0.29, 0.717) is 47.5 Å². The van der Waals surface area contributed by atoms with Crippen LogP contribution in [-0.2, 0) is 16.4 Å². The summed E-state index contributed by atoms with van der Waals surface area (Å²) < 4.78 is 56.9. The summed E-state index contributed by atoms with van der Waals surface area (Å²) in [5.41, 5.74) is 1.96. The molecule has 0 spiro atoms. The largest absolute Gasteiger partial charge is 0.455 e. The van der Waals surface area contributed by atoms with Crippen molar-refractivity contribution >= 4 is 27.3 Å². The van der Waals surface area contributed by atoms with Crippen molar-refractivity contribution in [3.8, 4) is 0 Å². The molecule has 2 N–H and O–H groups in total. The summed E-state index contributed by atoms with van der Waals surface area (Å²) in [6, 6.07) is 9.71. The average molecular weight is 459 g/mol. The molecule has 0 radical (unpaired) electrons. The lowest BCUT2D eigenvalue weighted by atomic mass is 9.93. The molecule has 1 aliphatic carbocycles. The van der Waals surface area contributed by atoms with Crippen LogP contribution in [-0.4, -0.2) is 20.0 Å². The first-order valence-corrected chi connectivity index (χ1v) is 11.3. The van der Waals surface area contributed by atoms with Crippen LogP contribution in [0.15, 0.2) is 62.9 Å². The molecule has 10 heteroatoms. The van der Waals surface area contributed by atoms with Gasteiger partial charge in [0.05, 0.1) is 10.6 Å². The van der Waals surface area contributed by atoms with Gasteiger partial charge in [-0.25, -0.2) is 8.78 Å². The Balaban J connectivity index is 1.59. The van der Waals surface area contributed by atoms with Gasteiger partial charge in [-0.3, -0.25) is 4.79 Å². The van der Waals surface area contributed by atoms with E-state index < -0.39 is 27.6 Å². The molecule has 0 bridgehead atoms. The number of hydrogen-bond donors (Lipinski definition) is 2. The van der Waals surface area contributed by atoms with Gasteiger partial charge in [0.15, 0.2) is 5.76 Å². The fourth-order valence-corrected chi connectivity index (χ4v) is 4.33. The predicted molar refractivity (Wildman–Crippen MR) is 114 cm³/mol. The molecule has 1 heterocycles. The summed E-state index contributed by atoms with van der Waals surface area (Å²) in [4.78, 5) is 14.7. The molecule has 4 rings (SSSR count). The molecule has 0 saturated carbocycles. The summed E-state index contributed by atoms with van der Waals surface area (Å²) in [7, 11) is -3.99. The number of amides is 1. The number of carbonyl (C=O) groups excluding carboxylic acids is 1. The number of carbonyl (C=O) groups is 1. The van der Waals surface area contributed by atoms with Crippen molar-refractivity contribution in [2.24, 2.45) is 5.10 Å². The standard InChI is InChI=1S/C22H19F2N3O4S/c1-13-20-18(26-27-32(29,30)17-11-7-15(24)8-12-17)3-2-4-19(20)31-21(13)22(28)25-16-9-5-14(23)6-10-16/h5-12,27H,2-4H2,1H3,(H,25,28)/b26-18+. The van der Waals surface area contributed by atoms with Crippen molar-refractivity contribution in [3.05, 3.63) is 82.8 Å². The van der Waals surface area contributed by atoms with Gasteiger partial charge in [-0.15, -0.1) is 0 Å². The van der Waals surface area contributed by atoms with Gasteiger partial charge in [-0.2, -0.15) is 18.4 Å². The number of fused-ring (bicyclic) bond motifs is 1. The predicted octanol–water partition coefficient (Wildman–Crippen LogP) is 4.14. The SMILES string of the molecule is Cc1c(C(=O)Nc2ccc(F)cc2)oc2c1/C(=N/NS(=O)(=O)c1ccc(F)cc1)CCC2. The minimum atomic E-state index is -3.99. The average Bonchev–Trinajstić information content (AvgIpc) is 3.11. The molecule has 1 aromatic heterocycles. The zero-order valence-corrected chi connectivity index (χ0v) is 17.8. The topological polar surface area (TPSA) is 101 Å². The van der Waals surface area contributed by atoms with Crippen LogP contribution in [0.3, 0.4) is 0 Å². The molecule has 0 unspecified atom stereocenters. The first-order valence-electron chi connectivity index (χ1n) is 9.78. The Kier molecular flexibility index (Phi) is 5.79. The number of nitrogens with zero attached hydrogens (tertiary/aromatic N) is 1. The lowest BCUT2D eigenvalue weighted by Gasteiger charge is -2.14. The molecule has 32 heavy (non-hydrogen) atoms. The van der Waals surface area contributed by atoms with Gasteiger partial charge in [0.2, 0.25) is 0 Å². The maximum atomic E-state index is 13.1. The lowest BCUT2D eigenvalue weighted by Crippen LogP contribution is -2.22. The number of hydrazone groups is 1. The minimum Gasteiger partial charge on any atom is -0.455 e. The van der Waals surface area contributed by atoms with Gasteiger partial charge in [-0.1, -0.05) is 0 Å². The normalized spacial score (nSPS) is 14.8. The van der Waals surface area contributed by atoms with Crippen LogP contribution in [0.1, 0.15) is 40.3 Å². The van der Waals surface area contributed by atoms with Gasteiger partial charge >= 0.3 is 0 Å². The minimum absolute atomic E-state index is 0.0790. The maximum absolute atomic E-state index is 13.1. The highest BCUT2D eigenvalue weighted by Crippen LogP contribution is 2.30. The molecule has 0 fully saturated rings. The second-order valence-electron chi connectivity index (χ2n) is 7.28. The molecule has 2 aromatic carbocycles. The van der Waals surface area contributed by atoms with Gasteiger partial charge < -0.3 is 9.73 Å². The zero-order valence-electron chi connectivity index (χ0n) is 17.0. The van der Waals surface area contributed by atoms with Crippen LogP contribution in [0, 0.1) is 18.6 Å².